The van der Waals surface area contributed by atoms with Crippen LogP contribution in [0.1, 0.15) is 84.5 Å². The predicted octanol–water partition coefficient (Wildman–Crippen LogP) is 5.17. The molecule has 1 N–H and O–H groups in total. The molecule has 3 heteroatoms. The maximum Gasteiger partial charge on any atom is 0.290 e. The molecule has 0 aliphatic rings. The lowest BCUT2D eigenvalue weighted by atomic mass is 10.1. The molecule has 0 aromatic rings. The van der Waals surface area contributed by atoms with Crippen molar-refractivity contribution in [3.05, 3.63) is 0 Å². The number of hydrogen-bond donors (Lipinski definition) is 1. The number of hydrogen-bond acceptors (Lipinski definition) is 1. The Morgan fingerprint density at radius 1 is 0.706 bits per heavy atom. The van der Waals surface area contributed by atoms with Crippen LogP contribution in [0.2, 0.25) is 0 Å². The van der Waals surface area contributed by atoms with Gasteiger partial charge in [0, 0.05) is 0 Å². The van der Waals surface area contributed by atoms with Crippen molar-refractivity contribution in [2.24, 2.45) is 0 Å². The van der Waals surface area contributed by atoms with E-state index in [1.807, 2.05) is 0 Å². The van der Waals surface area contributed by atoms with Gasteiger partial charge in [-0.05, 0) is 0 Å². The third-order valence-corrected chi connectivity index (χ3v) is 2.71. The Labute approximate surface area is 106 Å². The van der Waals surface area contributed by atoms with E-state index in [9.17, 15) is 0 Å². The molecular weight excluding hydrogens is 219 g/mol. The van der Waals surface area contributed by atoms with Crippen molar-refractivity contribution >= 4 is 6.47 Å². The van der Waals surface area contributed by atoms with Gasteiger partial charge in [0.1, 0.15) is 0 Å². The van der Waals surface area contributed by atoms with E-state index in [0.717, 1.165) is 0 Å². The maximum absolute atomic E-state index is 8.36. The number of carboxylic acid groups (broad SMARTS) is 1. The van der Waals surface area contributed by atoms with E-state index >= 15 is 0 Å². The van der Waals surface area contributed by atoms with E-state index in [4.69, 9.17) is 9.90 Å². The smallest absolute Gasteiger partial charge is 0.290 e. The Hall–Kier alpha value is -0.600. The van der Waals surface area contributed by atoms with Gasteiger partial charge in [0.2, 0.25) is 0 Å². The zero-order valence-corrected chi connectivity index (χ0v) is 11.6. The van der Waals surface area contributed by atoms with Gasteiger partial charge < -0.3 is 5.11 Å². The van der Waals surface area contributed by atoms with Crippen LogP contribution in [-0.4, -0.2) is 11.6 Å². The summed E-state index contributed by atoms with van der Waals surface area (Å²) >= 11 is 0. The molecule has 2 nitrogen and oxygen atoms in total. The van der Waals surface area contributed by atoms with Crippen molar-refractivity contribution in [2.75, 3.05) is 0 Å². The summed E-state index contributed by atoms with van der Waals surface area (Å²) in [5.41, 5.74) is 0. The SMILES string of the molecule is CCCCCCCCCCCCC.F.O=CO. The summed E-state index contributed by atoms with van der Waals surface area (Å²) in [7, 11) is 0. The van der Waals surface area contributed by atoms with Gasteiger partial charge in [-0.3, -0.25) is 9.50 Å². The molecule has 0 saturated heterocycles. The quantitative estimate of drug-likeness (QED) is 0.429. The fraction of sp³-hybridized carbons (Fsp3) is 0.929. The minimum atomic E-state index is -0.250. The summed E-state index contributed by atoms with van der Waals surface area (Å²) in [4.78, 5) is 8.36. The highest BCUT2D eigenvalue weighted by atomic mass is 19.0. The third-order valence-electron chi connectivity index (χ3n) is 2.71. The summed E-state index contributed by atoms with van der Waals surface area (Å²) in [6.45, 7) is 4.31. The summed E-state index contributed by atoms with van der Waals surface area (Å²) in [6, 6.07) is 0. The molecule has 0 saturated carbocycles. The lowest BCUT2D eigenvalue weighted by Crippen LogP contribution is -1.80. The van der Waals surface area contributed by atoms with Crippen LogP contribution in [0.25, 0.3) is 0 Å². The van der Waals surface area contributed by atoms with E-state index in [2.05, 4.69) is 13.8 Å². The topological polar surface area (TPSA) is 37.3 Å². The molecule has 0 unspecified atom stereocenters. The van der Waals surface area contributed by atoms with Crippen molar-refractivity contribution in [1.29, 1.82) is 0 Å². The van der Waals surface area contributed by atoms with Gasteiger partial charge in [0.15, 0.2) is 0 Å². The molecule has 0 rings (SSSR count). The van der Waals surface area contributed by atoms with Crippen molar-refractivity contribution in [3.8, 4) is 0 Å². The van der Waals surface area contributed by atoms with Gasteiger partial charge in [-0.25, -0.2) is 0 Å². The molecule has 0 bridgehead atoms. The second kappa shape index (κ2) is 24.6. The summed E-state index contributed by atoms with van der Waals surface area (Å²) in [5.74, 6) is 0. The maximum atomic E-state index is 8.36. The van der Waals surface area contributed by atoms with Crippen LogP contribution in [0, 0.1) is 0 Å². The highest BCUT2D eigenvalue weighted by Gasteiger charge is 1.90. The number of unbranched alkanes of at least 4 members (excludes halogenated alkanes) is 10. The van der Waals surface area contributed by atoms with Gasteiger partial charge in [-0.2, -0.15) is 0 Å². The fourth-order valence-electron chi connectivity index (χ4n) is 1.74. The van der Waals surface area contributed by atoms with Crippen LogP contribution >= 0.6 is 0 Å². The molecule has 17 heavy (non-hydrogen) atoms. The van der Waals surface area contributed by atoms with Crippen molar-refractivity contribution in [2.45, 2.75) is 84.5 Å². The van der Waals surface area contributed by atoms with E-state index in [-0.39, 0.29) is 11.2 Å². The van der Waals surface area contributed by atoms with Crippen LogP contribution in [0.3, 0.4) is 0 Å². The number of carbonyl (C=O) groups is 1. The third kappa shape index (κ3) is 31.3. The lowest BCUT2D eigenvalue weighted by Gasteiger charge is -2.00. The summed E-state index contributed by atoms with van der Waals surface area (Å²) < 4.78 is 0. The summed E-state index contributed by atoms with van der Waals surface area (Å²) in [6.07, 6.45) is 15.9. The van der Waals surface area contributed by atoms with Crippen LogP contribution in [0.4, 0.5) is 4.70 Å². The van der Waals surface area contributed by atoms with E-state index < -0.39 is 0 Å². The average Bonchev–Trinajstić information content (AvgIpc) is 2.28. The van der Waals surface area contributed by atoms with Crippen molar-refractivity contribution < 1.29 is 14.6 Å². The Balaban J connectivity index is -0.000000440. The van der Waals surface area contributed by atoms with Crippen LogP contribution < -0.4 is 0 Å². The van der Waals surface area contributed by atoms with Crippen molar-refractivity contribution in [1.82, 2.24) is 0 Å². The first kappa shape index (κ1) is 21.7. The minimum absolute atomic E-state index is 0. The monoisotopic (exact) mass is 250 g/mol. The van der Waals surface area contributed by atoms with E-state index in [1.54, 1.807) is 0 Å². The van der Waals surface area contributed by atoms with Gasteiger partial charge >= 0.3 is 0 Å². The molecule has 0 heterocycles. The first-order chi connectivity index (χ1) is 7.83. The molecule has 0 radical (unpaired) electrons. The fourth-order valence-corrected chi connectivity index (χ4v) is 1.74. The van der Waals surface area contributed by atoms with Gasteiger partial charge in [-0.1, -0.05) is 84.5 Å². The Kier molecular flexibility index (Phi) is 31.3. The second-order valence-electron chi connectivity index (χ2n) is 4.29. The normalized spacial score (nSPS) is 8.82. The summed E-state index contributed by atoms with van der Waals surface area (Å²) in [5, 5.41) is 6.89. The van der Waals surface area contributed by atoms with Gasteiger partial charge in [0.05, 0.1) is 0 Å². The molecule has 0 fully saturated rings. The number of halogens is 1. The molecular formula is C14H31FO2. The van der Waals surface area contributed by atoms with Crippen LogP contribution in [-0.2, 0) is 4.79 Å². The average molecular weight is 250 g/mol. The van der Waals surface area contributed by atoms with Gasteiger partial charge in [0.25, 0.3) is 6.47 Å². The number of rotatable bonds is 10. The van der Waals surface area contributed by atoms with Gasteiger partial charge in [-0.15, -0.1) is 0 Å². The van der Waals surface area contributed by atoms with E-state index in [0.29, 0.717) is 0 Å². The molecule has 0 aromatic heterocycles. The Bertz CT molecular complexity index is 109. The molecule has 0 atom stereocenters. The molecule has 0 aliphatic carbocycles. The zero-order chi connectivity index (χ0) is 12.5. The van der Waals surface area contributed by atoms with E-state index in [1.165, 1.54) is 70.6 Å². The molecule has 0 aromatic carbocycles. The molecule has 106 valence electrons. The van der Waals surface area contributed by atoms with Crippen LogP contribution in [0.15, 0.2) is 0 Å². The zero-order valence-electron chi connectivity index (χ0n) is 11.6. The highest BCUT2D eigenvalue weighted by molar-refractivity contribution is 5.32. The molecule has 0 aliphatic heterocycles. The highest BCUT2D eigenvalue weighted by Crippen LogP contribution is 2.10. The second-order valence-corrected chi connectivity index (χ2v) is 4.29. The first-order valence-corrected chi connectivity index (χ1v) is 6.91. The largest absolute Gasteiger partial charge is 0.483 e. The standard InChI is InChI=1S/C13H28.CH2O2.FH/c1-3-5-7-9-11-13-12-10-8-6-4-2;2-1-3;/h3-13H2,1-2H3;1H,(H,2,3);1H. The minimum Gasteiger partial charge on any atom is -0.483 e. The van der Waals surface area contributed by atoms with Crippen LogP contribution in [0.5, 0.6) is 0 Å². The molecule has 0 amide bonds. The first-order valence-electron chi connectivity index (χ1n) is 6.91. The lowest BCUT2D eigenvalue weighted by molar-refractivity contribution is -0.122. The Morgan fingerprint density at radius 2 is 0.882 bits per heavy atom. The van der Waals surface area contributed by atoms with Crippen molar-refractivity contribution in [3.63, 3.8) is 0 Å². The molecule has 0 spiro atoms. The Morgan fingerprint density at radius 3 is 1.06 bits per heavy atom. The predicted molar refractivity (Wildman–Crippen MR) is 73.3 cm³/mol.